The van der Waals surface area contributed by atoms with Crippen LogP contribution in [-0.4, -0.2) is 61.9 Å². The van der Waals surface area contributed by atoms with Gasteiger partial charge in [-0.3, -0.25) is 4.79 Å². The summed E-state index contributed by atoms with van der Waals surface area (Å²) in [5.41, 5.74) is 4.25. The summed E-state index contributed by atoms with van der Waals surface area (Å²) >= 11 is 0. The lowest BCUT2D eigenvalue weighted by Gasteiger charge is -2.35. The minimum atomic E-state index is 0.0676. The lowest BCUT2D eigenvalue weighted by atomic mass is 9.86. The van der Waals surface area contributed by atoms with Crippen LogP contribution in [0.25, 0.3) is 16.9 Å². The summed E-state index contributed by atoms with van der Waals surface area (Å²) in [6.07, 6.45) is 1.55. The molecule has 1 amide bonds. The van der Waals surface area contributed by atoms with Crippen LogP contribution in [0.1, 0.15) is 36.7 Å². The van der Waals surface area contributed by atoms with Gasteiger partial charge in [0, 0.05) is 31.7 Å². The van der Waals surface area contributed by atoms with Crippen LogP contribution >= 0.6 is 0 Å². The van der Waals surface area contributed by atoms with Gasteiger partial charge in [-0.2, -0.15) is 4.68 Å². The van der Waals surface area contributed by atoms with Gasteiger partial charge in [-0.05, 0) is 35.2 Å². The number of para-hydroxylation sites is 1. The normalized spacial score (nSPS) is 14.6. The fraction of sp³-hybridized carbons (Fsp3) is 0.320. The lowest BCUT2D eigenvalue weighted by Crippen LogP contribution is -2.49. The molecule has 0 bridgehead atoms. The Morgan fingerprint density at radius 2 is 1.58 bits per heavy atom. The Balaban J connectivity index is 1.31. The summed E-state index contributed by atoms with van der Waals surface area (Å²) in [5.74, 6) is 0.821. The van der Waals surface area contributed by atoms with E-state index >= 15 is 0 Å². The second-order valence-corrected chi connectivity index (χ2v) is 9.31. The van der Waals surface area contributed by atoms with Crippen molar-refractivity contribution in [1.82, 2.24) is 29.9 Å². The number of fused-ring (bicyclic) bond motifs is 1. The number of benzene rings is 2. The number of hydrogen-bond acceptors (Lipinski definition) is 6. The molecular weight excluding hydrogens is 414 g/mol. The molecule has 0 aliphatic carbocycles. The van der Waals surface area contributed by atoms with Crippen molar-refractivity contribution < 1.29 is 4.79 Å². The van der Waals surface area contributed by atoms with Crippen LogP contribution in [0, 0.1) is 0 Å². The summed E-state index contributed by atoms with van der Waals surface area (Å²) in [6.45, 7) is 9.12. The Kier molecular flexibility index (Phi) is 5.28. The van der Waals surface area contributed by atoms with Crippen LogP contribution in [0.3, 0.4) is 0 Å². The first-order valence-electron chi connectivity index (χ1n) is 11.2. The predicted octanol–water partition coefficient (Wildman–Crippen LogP) is 3.47. The maximum Gasteiger partial charge on any atom is 0.253 e. The minimum absolute atomic E-state index is 0.0676. The Labute approximate surface area is 192 Å². The summed E-state index contributed by atoms with van der Waals surface area (Å²) in [7, 11) is 0. The van der Waals surface area contributed by atoms with E-state index < -0.39 is 0 Å². The van der Waals surface area contributed by atoms with E-state index in [1.807, 2.05) is 47.4 Å². The molecule has 4 aromatic rings. The number of anilines is 1. The van der Waals surface area contributed by atoms with Gasteiger partial charge < -0.3 is 9.80 Å². The summed E-state index contributed by atoms with van der Waals surface area (Å²) < 4.78 is 1.72. The van der Waals surface area contributed by atoms with Gasteiger partial charge in [-0.1, -0.05) is 56.3 Å². The van der Waals surface area contributed by atoms with E-state index in [-0.39, 0.29) is 11.3 Å². The SMILES string of the molecule is CC(C)(C)c1ccc(C(=O)N2CCN(c3ncnc4c3nnn4-c3ccccc3)CC2)cc1. The number of carbonyl (C=O) groups excluding carboxylic acids is 1. The van der Waals surface area contributed by atoms with Crippen LogP contribution in [0.5, 0.6) is 0 Å². The van der Waals surface area contributed by atoms with Gasteiger partial charge in [0.2, 0.25) is 0 Å². The van der Waals surface area contributed by atoms with Crippen LogP contribution < -0.4 is 4.90 Å². The Morgan fingerprint density at radius 1 is 0.879 bits per heavy atom. The molecule has 2 aromatic heterocycles. The molecule has 33 heavy (non-hydrogen) atoms. The first-order chi connectivity index (χ1) is 15.9. The first-order valence-corrected chi connectivity index (χ1v) is 11.2. The van der Waals surface area contributed by atoms with Crippen LogP contribution in [-0.2, 0) is 5.41 Å². The summed E-state index contributed by atoms with van der Waals surface area (Å²) in [4.78, 5) is 26.0. The Hall–Kier alpha value is -3.81. The molecule has 0 spiro atoms. The molecule has 8 nitrogen and oxygen atoms in total. The molecule has 0 saturated carbocycles. The predicted molar refractivity (Wildman–Crippen MR) is 128 cm³/mol. The molecule has 2 aromatic carbocycles. The van der Waals surface area contributed by atoms with Gasteiger partial charge in [0.25, 0.3) is 5.91 Å². The van der Waals surface area contributed by atoms with Crippen LogP contribution in [0.4, 0.5) is 5.82 Å². The molecule has 8 heteroatoms. The topological polar surface area (TPSA) is 80.0 Å². The molecule has 3 heterocycles. The van der Waals surface area contributed by atoms with Crippen molar-refractivity contribution in [1.29, 1.82) is 0 Å². The standard InChI is InChI=1S/C25H27N7O/c1-25(2,3)19-11-9-18(10-12-19)24(33)31-15-13-30(14-16-31)22-21-23(27-17-26-22)32(29-28-21)20-7-5-4-6-8-20/h4-12,17H,13-16H2,1-3H3. The highest BCUT2D eigenvalue weighted by Gasteiger charge is 2.26. The zero-order valence-corrected chi connectivity index (χ0v) is 19.1. The van der Waals surface area contributed by atoms with Crippen LogP contribution in [0.2, 0.25) is 0 Å². The lowest BCUT2D eigenvalue weighted by molar-refractivity contribution is 0.0746. The molecular formula is C25H27N7O. The van der Waals surface area contributed by atoms with Crippen LogP contribution in [0.15, 0.2) is 60.9 Å². The molecule has 1 aliphatic heterocycles. The van der Waals surface area contributed by atoms with Crippen molar-refractivity contribution in [3.8, 4) is 5.69 Å². The highest BCUT2D eigenvalue weighted by molar-refractivity contribution is 5.94. The molecule has 1 fully saturated rings. The molecule has 0 N–H and O–H groups in total. The number of carbonyl (C=O) groups is 1. The zero-order chi connectivity index (χ0) is 23.0. The smallest absolute Gasteiger partial charge is 0.253 e. The van der Waals surface area contributed by atoms with E-state index in [1.54, 1.807) is 11.0 Å². The number of rotatable bonds is 3. The molecule has 0 unspecified atom stereocenters. The maximum atomic E-state index is 13.0. The molecule has 0 atom stereocenters. The van der Waals surface area contributed by atoms with E-state index in [4.69, 9.17) is 0 Å². The van der Waals surface area contributed by atoms with Crippen molar-refractivity contribution in [3.63, 3.8) is 0 Å². The average Bonchev–Trinajstić information content (AvgIpc) is 3.28. The van der Waals surface area contributed by atoms with E-state index in [2.05, 4.69) is 58.1 Å². The number of amides is 1. The third kappa shape index (κ3) is 4.04. The molecule has 1 saturated heterocycles. The van der Waals surface area contributed by atoms with Crippen molar-refractivity contribution in [3.05, 3.63) is 72.1 Å². The number of nitrogens with zero attached hydrogens (tertiary/aromatic N) is 7. The number of hydrogen-bond donors (Lipinski definition) is 0. The highest BCUT2D eigenvalue weighted by atomic mass is 16.2. The Morgan fingerprint density at radius 3 is 2.24 bits per heavy atom. The first kappa shape index (κ1) is 21.1. The quantitative estimate of drug-likeness (QED) is 0.484. The van der Waals surface area contributed by atoms with Gasteiger partial charge in [0.1, 0.15) is 6.33 Å². The summed E-state index contributed by atoms with van der Waals surface area (Å²) in [6, 6.07) is 17.8. The van der Waals surface area contributed by atoms with E-state index in [1.165, 1.54) is 5.56 Å². The minimum Gasteiger partial charge on any atom is -0.351 e. The van der Waals surface area contributed by atoms with Crippen molar-refractivity contribution in [2.45, 2.75) is 26.2 Å². The van der Waals surface area contributed by atoms with E-state index in [9.17, 15) is 4.79 Å². The zero-order valence-electron chi connectivity index (χ0n) is 19.1. The molecule has 1 aliphatic rings. The fourth-order valence-corrected chi connectivity index (χ4v) is 4.13. The van der Waals surface area contributed by atoms with Gasteiger partial charge in [-0.15, -0.1) is 5.10 Å². The van der Waals surface area contributed by atoms with Crippen molar-refractivity contribution >= 4 is 22.9 Å². The van der Waals surface area contributed by atoms with Gasteiger partial charge in [0.15, 0.2) is 17.0 Å². The average molecular weight is 442 g/mol. The largest absolute Gasteiger partial charge is 0.351 e. The number of piperazine rings is 1. The maximum absolute atomic E-state index is 13.0. The second-order valence-electron chi connectivity index (χ2n) is 9.31. The molecule has 168 valence electrons. The molecule has 0 radical (unpaired) electrons. The number of aromatic nitrogens is 5. The van der Waals surface area contributed by atoms with E-state index in [0.29, 0.717) is 37.3 Å². The van der Waals surface area contributed by atoms with Crippen molar-refractivity contribution in [2.75, 3.05) is 31.1 Å². The third-order valence-electron chi connectivity index (χ3n) is 6.08. The second kappa shape index (κ2) is 8.27. The van der Waals surface area contributed by atoms with E-state index in [0.717, 1.165) is 17.1 Å². The highest BCUT2D eigenvalue weighted by Crippen LogP contribution is 2.25. The van der Waals surface area contributed by atoms with Gasteiger partial charge >= 0.3 is 0 Å². The van der Waals surface area contributed by atoms with Gasteiger partial charge in [0.05, 0.1) is 5.69 Å². The molecule has 5 rings (SSSR count). The fourth-order valence-electron chi connectivity index (χ4n) is 4.13. The Bertz CT molecular complexity index is 1270. The van der Waals surface area contributed by atoms with Gasteiger partial charge in [-0.25, -0.2) is 9.97 Å². The summed E-state index contributed by atoms with van der Waals surface area (Å²) in [5, 5.41) is 8.67. The van der Waals surface area contributed by atoms with Crippen molar-refractivity contribution in [2.24, 2.45) is 0 Å². The monoisotopic (exact) mass is 441 g/mol. The third-order valence-corrected chi connectivity index (χ3v) is 6.08.